The lowest BCUT2D eigenvalue weighted by molar-refractivity contribution is 0.269. The monoisotopic (exact) mass is 269 g/mol. The second-order valence-corrected chi connectivity index (χ2v) is 6.13. The van der Waals surface area contributed by atoms with Gasteiger partial charge in [-0.3, -0.25) is 0 Å². The first kappa shape index (κ1) is 13.4. The first-order valence-electron chi connectivity index (χ1n) is 7.62. The van der Waals surface area contributed by atoms with E-state index in [1.54, 1.807) is 0 Å². The zero-order valence-electron chi connectivity index (χ0n) is 12.2. The Hall–Kier alpha value is -1.54. The van der Waals surface area contributed by atoms with E-state index in [0.717, 1.165) is 24.6 Å². The number of phenolic OH excluding ortho intramolecular Hbond substituents is 1. The minimum atomic E-state index is 0.418. The van der Waals surface area contributed by atoms with Crippen molar-refractivity contribution in [1.82, 2.24) is 4.90 Å². The van der Waals surface area contributed by atoms with Crippen LogP contribution in [0.5, 0.6) is 5.75 Å². The lowest BCUT2D eigenvalue weighted by Crippen LogP contribution is -2.24. The van der Waals surface area contributed by atoms with Crippen molar-refractivity contribution >= 4 is 10.8 Å². The molecule has 0 radical (unpaired) electrons. The zero-order valence-corrected chi connectivity index (χ0v) is 12.2. The Morgan fingerprint density at radius 3 is 2.65 bits per heavy atom. The van der Waals surface area contributed by atoms with E-state index in [2.05, 4.69) is 24.1 Å². The van der Waals surface area contributed by atoms with Crippen molar-refractivity contribution in [2.75, 3.05) is 13.6 Å². The molecule has 0 atom stereocenters. The summed E-state index contributed by atoms with van der Waals surface area (Å²) in [6.45, 7) is 1.96. The predicted molar refractivity (Wildman–Crippen MR) is 83.9 cm³/mol. The van der Waals surface area contributed by atoms with E-state index in [1.807, 2.05) is 24.3 Å². The highest BCUT2D eigenvalue weighted by Crippen LogP contribution is 2.30. The number of nitrogens with zero attached hydrogens (tertiary/aromatic N) is 1. The standard InChI is InChI=1S/C18H23NO/c1-19(12-14-6-2-3-7-14)13-17-16-9-5-4-8-15(16)10-11-18(17)20/h4-5,8-11,14,20H,2-3,6-7,12-13H2,1H3. The Labute approximate surface area is 121 Å². The van der Waals surface area contributed by atoms with E-state index >= 15 is 0 Å². The number of fused-ring (bicyclic) bond motifs is 1. The molecule has 1 N–H and O–H groups in total. The number of rotatable bonds is 4. The van der Waals surface area contributed by atoms with Crippen LogP contribution in [0.3, 0.4) is 0 Å². The van der Waals surface area contributed by atoms with Crippen LogP contribution in [0.4, 0.5) is 0 Å². The van der Waals surface area contributed by atoms with Gasteiger partial charge in [-0.05, 0) is 42.6 Å². The summed E-state index contributed by atoms with van der Waals surface area (Å²) in [7, 11) is 2.17. The molecule has 1 aliphatic rings. The molecule has 2 aromatic rings. The summed E-state index contributed by atoms with van der Waals surface area (Å²) in [5, 5.41) is 12.6. The van der Waals surface area contributed by atoms with Gasteiger partial charge in [0.15, 0.2) is 0 Å². The summed E-state index contributed by atoms with van der Waals surface area (Å²) in [6.07, 6.45) is 5.51. The smallest absolute Gasteiger partial charge is 0.120 e. The molecule has 0 unspecified atom stereocenters. The van der Waals surface area contributed by atoms with Crippen LogP contribution in [-0.4, -0.2) is 23.6 Å². The van der Waals surface area contributed by atoms with E-state index < -0.39 is 0 Å². The minimum Gasteiger partial charge on any atom is -0.508 e. The van der Waals surface area contributed by atoms with Crippen LogP contribution in [-0.2, 0) is 6.54 Å². The highest BCUT2D eigenvalue weighted by molar-refractivity contribution is 5.87. The fourth-order valence-corrected chi connectivity index (χ4v) is 3.46. The number of aromatic hydroxyl groups is 1. The van der Waals surface area contributed by atoms with Gasteiger partial charge in [-0.15, -0.1) is 0 Å². The molecule has 0 aliphatic heterocycles. The van der Waals surface area contributed by atoms with Crippen molar-refractivity contribution in [2.45, 2.75) is 32.2 Å². The van der Waals surface area contributed by atoms with Gasteiger partial charge in [0.25, 0.3) is 0 Å². The summed E-state index contributed by atoms with van der Waals surface area (Å²) in [5.74, 6) is 1.26. The van der Waals surface area contributed by atoms with Gasteiger partial charge in [0, 0.05) is 18.7 Å². The molecule has 1 aliphatic carbocycles. The van der Waals surface area contributed by atoms with Gasteiger partial charge in [0.2, 0.25) is 0 Å². The van der Waals surface area contributed by atoms with Crippen LogP contribution >= 0.6 is 0 Å². The number of hydrogen-bond donors (Lipinski definition) is 1. The number of hydrogen-bond acceptors (Lipinski definition) is 2. The molecule has 20 heavy (non-hydrogen) atoms. The molecule has 0 amide bonds. The highest BCUT2D eigenvalue weighted by atomic mass is 16.3. The Morgan fingerprint density at radius 2 is 1.85 bits per heavy atom. The van der Waals surface area contributed by atoms with E-state index in [1.165, 1.54) is 36.5 Å². The third-order valence-electron chi connectivity index (χ3n) is 4.49. The second-order valence-electron chi connectivity index (χ2n) is 6.13. The van der Waals surface area contributed by atoms with E-state index in [4.69, 9.17) is 0 Å². The molecule has 2 heteroatoms. The average Bonchev–Trinajstić information content (AvgIpc) is 2.95. The Morgan fingerprint density at radius 1 is 1.10 bits per heavy atom. The van der Waals surface area contributed by atoms with Gasteiger partial charge >= 0.3 is 0 Å². The van der Waals surface area contributed by atoms with Crippen molar-refractivity contribution < 1.29 is 5.11 Å². The molecule has 2 aromatic carbocycles. The van der Waals surface area contributed by atoms with Gasteiger partial charge in [-0.1, -0.05) is 43.2 Å². The second kappa shape index (κ2) is 5.84. The number of phenols is 1. The fraction of sp³-hybridized carbons (Fsp3) is 0.444. The van der Waals surface area contributed by atoms with E-state index in [9.17, 15) is 5.11 Å². The molecule has 0 heterocycles. The minimum absolute atomic E-state index is 0.418. The van der Waals surface area contributed by atoms with Gasteiger partial charge < -0.3 is 10.0 Å². The maximum Gasteiger partial charge on any atom is 0.120 e. The lowest BCUT2D eigenvalue weighted by atomic mass is 10.0. The highest BCUT2D eigenvalue weighted by Gasteiger charge is 2.18. The molecular formula is C18H23NO. The van der Waals surface area contributed by atoms with Crippen LogP contribution < -0.4 is 0 Å². The largest absolute Gasteiger partial charge is 0.508 e. The molecule has 3 rings (SSSR count). The van der Waals surface area contributed by atoms with Gasteiger partial charge in [0.1, 0.15) is 5.75 Å². The van der Waals surface area contributed by atoms with Gasteiger partial charge in [0.05, 0.1) is 0 Å². The van der Waals surface area contributed by atoms with Crippen molar-refractivity contribution in [3.05, 3.63) is 42.0 Å². The van der Waals surface area contributed by atoms with Crippen molar-refractivity contribution in [2.24, 2.45) is 5.92 Å². The van der Waals surface area contributed by atoms with E-state index in [0.29, 0.717) is 5.75 Å². The summed E-state index contributed by atoms with van der Waals surface area (Å²) < 4.78 is 0. The van der Waals surface area contributed by atoms with Crippen LogP contribution in [0.1, 0.15) is 31.2 Å². The maximum absolute atomic E-state index is 10.2. The third kappa shape index (κ3) is 2.80. The topological polar surface area (TPSA) is 23.5 Å². The van der Waals surface area contributed by atoms with Crippen LogP contribution in [0.15, 0.2) is 36.4 Å². The lowest BCUT2D eigenvalue weighted by Gasteiger charge is -2.22. The molecule has 106 valence electrons. The third-order valence-corrected chi connectivity index (χ3v) is 4.49. The van der Waals surface area contributed by atoms with Crippen molar-refractivity contribution in [3.8, 4) is 5.75 Å². The van der Waals surface area contributed by atoms with Gasteiger partial charge in [-0.25, -0.2) is 0 Å². The predicted octanol–water partition coefficient (Wildman–Crippen LogP) is 4.17. The van der Waals surface area contributed by atoms with Crippen molar-refractivity contribution in [1.29, 1.82) is 0 Å². The Kier molecular flexibility index (Phi) is 3.93. The summed E-state index contributed by atoms with van der Waals surface area (Å²) in [4.78, 5) is 2.36. The maximum atomic E-state index is 10.2. The molecule has 0 aromatic heterocycles. The molecule has 1 fully saturated rings. The Balaban J connectivity index is 1.80. The van der Waals surface area contributed by atoms with Crippen LogP contribution in [0.2, 0.25) is 0 Å². The first-order chi connectivity index (χ1) is 9.74. The number of benzene rings is 2. The first-order valence-corrected chi connectivity index (χ1v) is 7.62. The van der Waals surface area contributed by atoms with Crippen molar-refractivity contribution in [3.63, 3.8) is 0 Å². The fourth-order valence-electron chi connectivity index (χ4n) is 3.46. The van der Waals surface area contributed by atoms with Gasteiger partial charge in [-0.2, -0.15) is 0 Å². The molecule has 0 bridgehead atoms. The summed E-state index contributed by atoms with van der Waals surface area (Å²) >= 11 is 0. The molecule has 1 saturated carbocycles. The average molecular weight is 269 g/mol. The molecular weight excluding hydrogens is 246 g/mol. The Bertz CT molecular complexity index is 587. The summed E-state index contributed by atoms with van der Waals surface area (Å²) in [6, 6.07) is 12.1. The molecule has 2 nitrogen and oxygen atoms in total. The quantitative estimate of drug-likeness (QED) is 0.900. The molecule has 0 saturated heterocycles. The summed E-state index contributed by atoms with van der Waals surface area (Å²) in [5.41, 5.74) is 1.06. The van der Waals surface area contributed by atoms with Crippen LogP contribution in [0.25, 0.3) is 10.8 Å². The zero-order chi connectivity index (χ0) is 13.9. The van der Waals surface area contributed by atoms with Crippen LogP contribution in [0, 0.1) is 5.92 Å². The normalized spacial score (nSPS) is 16.3. The van der Waals surface area contributed by atoms with E-state index in [-0.39, 0.29) is 0 Å². The molecule has 0 spiro atoms. The SMILES string of the molecule is CN(Cc1c(O)ccc2ccccc12)CC1CCCC1.